The maximum Gasteiger partial charge on any atom is 0.307 e. The Morgan fingerprint density at radius 2 is 1.59 bits per heavy atom. The summed E-state index contributed by atoms with van der Waals surface area (Å²) in [5, 5.41) is 12.7. The molecule has 4 aliphatic carbocycles. The molecular formula is C24H23NO4. The first-order chi connectivity index (χ1) is 14.1. The molecule has 1 amide bonds. The summed E-state index contributed by atoms with van der Waals surface area (Å²) in [7, 11) is 0. The molecule has 2 saturated carbocycles. The van der Waals surface area contributed by atoms with Gasteiger partial charge in [0.1, 0.15) is 12.4 Å². The van der Waals surface area contributed by atoms with Crippen LogP contribution in [-0.4, -0.2) is 17.0 Å². The Labute approximate surface area is 169 Å². The molecule has 5 nitrogen and oxygen atoms in total. The number of rotatable bonds is 6. The van der Waals surface area contributed by atoms with E-state index in [2.05, 4.69) is 11.4 Å². The van der Waals surface area contributed by atoms with E-state index in [4.69, 9.17) is 4.74 Å². The monoisotopic (exact) mass is 389 g/mol. The van der Waals surface area contributed by atoms with Crippen molar-refractivity contribution in [3.63, 3.8) is 0 Å². The van der Waals surface area contributed by atoms with Crippen molar-refractivity contribution in [1.29, 1.82) is 0 Å². The van der Waals surface area contributed by atoms with Gasteiger partial charge in [0.25, 0.3) is 0 Å². The first kappa shape index (κ1) is 18.0. The molecule has 29 heavy (non-hydrogen) atoms. The first-order valence-electron chi connectivity index (χ1n) is 10.1. The zero-order valence-corrected chi connectivity index (χ0v) is 15.9. The molecule has 5 heteroatoms. The molecule has 0 aliphatic heterocycles. The van der Waals surface area contributed by atoms with Crippen molar-refractivity contribution in [3.8, 4) is 5.75 Å². The lowest BCUT2D eigenvalue weighted by Crippen LogP contribution is -2.48. The minimum absolute atomic E-state index is 0.00740. The lowest BCUT2D eigenvalue weighted by Gasteiger charge is -2.41. The van der Waals surface area contributed by atoms with Gasteiger partial charge in [-0.05, 0) is 59.9 Å². The summed E-state index contributed by atoms with van der Waals surface area (Å²) in [5.74, 6) is -0.495. The highest BCUT2D eigenvalue weighted by Gasteiger charge is 2.62. The van der Waals surface area contributed by atoms with Crippen LogP contribution in [0.4, 0.5) is 5.69 Å². The normalized spacial score (nSPS) is 31.0. The highest BCUT2D eigenvalue weighted by molar-refractivity contribution is 5.96. The fraction of sp³-hybridized carbons (Fsp3) is 0.333. The molecule has 0 unspecified atom stereocenters. The van der Waals surface area contributed by atoms with E-state index in [0.717, 1.165) is 17.7 Å². The summed E-state index contributed by atoms with van der Waals surface area (Å²) >= 11 is 0. The van der Waals surface area contributed by atoms with E-state index in [1.54, 1.807) is 12.1 Å². The Bertz CT molecular complexity index is 953. The van der Waals surface area contributed by atoms with E-state index in [-0.39, 0.29) is 17.7 Å². The number of amides is 1. The maximum absolute atomic E-state index is 13.0. The van der Waals surface area contributed by atoms with Gasteiger partial charge in [-0.3, -0.25) is 9.59 Å². The van der Waals surface area contributed by atoms with Gasteiger partial charge in [-0.25, -0.2) is 0 Å². The van der Waals surface area contributed by atoms with Crippen LogP contribution in [0.15, 0.2) is 66.7 Å². The Kier molecular flexibility index (Phi) is 4.38. The van der Waals surface area contributed by atoms with Gasteiger partial charge in [0.15, 0.2) is 0 Å². The fourth-order valence-electron chi connectivity index (χ4n) is 5.17. The highest BCUT2D eigenvalue weighted by atomic mass is 16.5. The van der Waals surface area contributed by atoms with Gasteiger partial charge in [0.2, 0.25) is 5.91 Å². The average Bonchev–Trinajstić information content (AvgIpc) is 3.56. The molecule has 2 N–H and O–H groups in total. The van der Waals surface area contributed by atoms with Crippen molar-refractivity contribution in [2.24, 2.45) is 35.5 Å². The number of carbonyl (C=O) groups excluding carboxylic acids is 1. The topological polar surface area (TPSA) is 75.6 Å². The molecule has 2 aromatic carbocycles. The van der Waals surface area contributed by atoms with Crippen LogP contribution in [-0.2, 0) is 16.2 Å². The molecular weight excluding hydrogens is 366 g/mol. The Balaban J connectivity index is 1.25. The SMILES string of the molecule is O=C(Nc1ccc(OCc2ccccc2)cc1)[C@@H]1[C@H]2C=C[C@H]([C@H]3C[C@H]23)[C@@H]1C(=O)O. The summed E-state index contributed by atoms with van der Waals surface area (Å²) < 4.78 is 5.78. The second-order valence-electron chi connectivity index (χ2n) is 8.28. The molecule has 148 valence electrons. The number of nitrogens with one attached hydrogen (secondary N) is 1. The Morgan fingerprint density at radius 3 is 2.24 bits per heavy atom. The van der Waals surface area contributed by atoms with E-state index >= 15 is 0 Å². The van der Waals surface area contributed by atoms with Gasteiger partial charge in [-0.2, -0.15) is 0 Å². The number of allylic oxidation sites excluding steroid dienone is 2. The highest BCUT2D eigenvalue weighted by Crippen LogP contribution is 2.63. The van der Waals surface area contributed by atoms with Gasteiger partial charge in [0.05, 0.1) is 11.8 Å². The number of aliphatic carboxylic acids is 1. The van der Waals surface area contributed by atoms with Crippen molar-refractivity contribution < 1.29 is 19.4 Å². The molecule has 0 aromatic heterocycles. The molecule has 0 saturated heterocycles. The quantitative estimate of drug-likeness (QED) is 0.733. The van der Waals surface area contributed by atoms with E-state index in [1.165, 1.54) is 0 Å². The number of carbonyl (C=O) groups is 2. The van der Waals surface area contributed by atoms with Gasteiger partial charge >= 0.3 is 5.97 Å². The van der Waals surface area contributed by atoms with Gasteiger partial charge in [0, 0.05) is 5.69 Å². The minimum atomic E-state index is -0.862. The number of carboxylic acid groups (broad SMARTS) is 1. The summed E-state index contributed by atoms with van der Waals surface area (Å²) in [4.78, 5) is 24.9. The average molecular weight is 389 g/mol. The van der Waals surface area contributed by atoms with Crippen molar-refractivity contribution in [3.05, 3.63) is 72.3 Å². The standard InChI is InChI=1S/C24H23NO4/c26-23(21-17-10-11-18(20-12-19(17)20)22(21)24(27)28)25-15-6-8-16(9-7-15)29-13-14-4-2-1-3-5-14/h1-11,17-22H,12-13H2,(H,25,26)(H,27,28)/t17-,18+,19+,20+,21+,22-/m0/s1. The van der Waals surface area contributed by atoms with Gasteiger partial charge in [-0.15, -0.1) is 0 Å². The van der Waals surface area contributed by atoms with E-state index in [1.807, 2.05) is 48.5 Å². The van der Waals surface area contributed by atoms with Crippen LogP contribution < -0.4 is 10.1 Å². The van der Waals surface area contributed by atoms with Gasteiger partial charge in [-0.1, -0.05) is 42.5 Å². The van der Waals surface area contributed by atoms with Gasteiger partial charge < -0.3 is 15.2 Å². The van der Waals surface area contributed by atoms with Crippen LogP contribution in [0.25, 0.3) is 0 Å². The molecule has 4 aliphatic rings. The van der Waals surface area contributed by atoms with E-state index in [9.17, 15) is 14.7 Å². The third kappa shape index (κ3) is 3.31. The molecule has 6 atom stereocenters. The number of hydrogen-bond donors (Lipinski definition) is 2. The number of fused-ring (bicyclic) bond motifs is 1. The third-order valence-corrected chi connectivity index (χ3v) is 6.61. The predicted octanol–water partition coefficient (Wildman–Crippen LogP) is 3.97. The van der Waals surface area contributed by atoms with Crippen LogP contribution in [0.3, 0.4) is 0 Å². The van der Waals surface area contributed by atoms with Crippen molar-refractivity contribution in [1.82, 2.24) is 0 Å². The summed E-state index contributed by atoms with van der Waals surface area (Å²) in [6.07, 6.45) is 5.15. The maximum atomic E-state index is 13.0. The molecule has 2 aromatic rings. The second kappa shape index (κ2) is 7.07. The zero-order valence-electron chi connectivity index (χ0n) is 15.9. The number of benzene rings is 2. The molecule has 0 spiro atoms. The number of ether oxygens (including phenoxy) is 1. The number of hydrogen-bond acceptors (Lipinski definition) is 3. The van der Waals surface area contributed by atoms with Crippen LogP contribution in [0.1, 0.15) is 12.0 Å². The Hall–Kier alpha value is -3.08. The van der Waals surface area contributed by atoms with E-state index in [0.29, 0.717) is 24.1 Å². The molecule has 2 fully saturated rings. The fourth-order valence-corrected chi connectivity index (χ4v) is 5.17. The Morgan fingerprint density at radius 1 is 0.931 bits per heavy atom. The van der Waals surface area contributed by atoms with Crippen LogP contribution >= 0.6 is 0 Å². The molecule has 6 rings (SSSR count). The predicted molar refractivity (Wildman–Crippen MR) is 108 cm³/mol. The number of anilines is 1. The largest absolute Gasteiger partial charge is 0.489 e. The summed E-state index contributed by atoms with van der Waals surface area (Å²) in [5.41, 5.74) is 1.74. The number of carboxylic acids is 1. The van der Waals surface area contributed by atoms with Crippen molar-refractivity contribution >= 4 is 17.6 Å². The van der Waals surface area contributed by atoms with Crippen LogP contribution in [0.5, 0.6) is 5.75 Å². The minimum Gasteiger partial charge on any atom is -0.489 e. The summed E-state index contributed by atoms with van der Waals surface area (Å²) in [6, 6.07) is 17.1. The van der Waals surface area contributed by atoms with Crippen LogP contribution in [0, 0.1) is 35.5 Å². The second-order valence-corrected chi connectivity index (χ2v) is 8.28. The van der Waals surface area contributed by atoms with E-state index < -0.39 is 17.8 Å². The molecule has 2 bridgehead atoms. The molecule has 0 heterocycles. The third-order valence-electron chi connectivity index (χ3n) is 6.61. The lowest BCUT2D eigenvalue weighted by molar-refractivity contribution is -0.152. The first-order valence-corrected chi connectivity index (χ1v) is 10.1. The summed E-state index contributed by atoms with van der Waals surface area (Å²) in [6.45, 7) is 0.479. The smallest absolute Gasteiger partial charge is 0.307 e. The van der Waals surface area contributed by atoms with Crippen LogP contribution in [0.2, 0.25) is 0 Å². The lowest BCUT2D eigenvalue weighted by atomic mass is 9.62. The van der Waals surface area contributed by atoms with Crippen molar-refractivity contribution in [2.45, 2.75) is 13.0 Å². The zero-order chi connectivity index (χ0) is 20.0. The van der Waals surface area contributed by atoms with Crippen molar-refractivity contribution in [2.75, 3.05) is 5.32 Å². The molecule has 0 radical (unpaired) electrons.